The molecule has 0 aliphatic heterocycles. The van der Waals surface area contributed by atoms with E-state index in [4.69, 9.17) is 5.73 Å². The standard InChI is InChI=1S/C22H27N5O2/c1-2-10-24-19(12-23)27-21-16(9-8-15-11-17(15)21)20(26-27)22(29)25-18(13-28)14-6-4-3-5-7-14/h2-7,10,15,17-19,28H,1,8-9,11-13,23H2,(H,25,29)/t15-,17+,18-,19?/m1/s1. The highest BCUT2D eigenvalue weighted by Crippen LogP contribution is 2.55. The lowest BCUT2D eigenvalue weighted by atomic mass is 9.95. The van der Waals surface area contributed by atoms with Crippen LogP contribution in [-0.2, 0) is 6.42 Å². The molecule has 1 unspecified atom stereocenters. The smallest absolute Gasteiger partial charge is 0.272 e. The van der Waals surface area contributed by atoms with Crippen molar-refractivity contribution in [3.8, 4) is 0 Å². The van der Waals surface area contributed by atoms with Crippen LogP contribution in [0.4, 0.5) is 0 Å². The molecule has 1 aromatic carbocycles. The van der Waals surface area contributed by atoms with Crippen molar-refractivity contribution in [3.05, 3.63) is 65.5 Å². The van der Waals surface area contributed by atoms with Crippen molar-refractivity contribution < 1.29 is 9.90 Å². The minimum absolute atomic E-state index is 0.182. The number of aliphatic hydroxyl groups is 1. The molecule has 0 radical (unpaired) electrons. The zero-order valence-electron chi connectivity index (χ0n) is 16.4. The van der Waals surface area contributed by atoms with Crippen LogP contribution in [0.1, 0.15) is 58.3 Å². The van der Waals surface area contributed by atoms with Gasteiger partial charge in [0, 0.05) is 29.9 Å². The topological polar surface area (TPSA) is 106 Å². The number of hydrogen-bond donors (Lipinski definition) is 3. The number of carbonyl (C=O) groups excluding carboxylic acids is 1. The van der Waals surface area contributed by atoms with E-state index in [-0.39, 0.29) is 18.7 Å². The Balaban J connectivity index is 1.67. The highest BCUT2D eigenvalue weighted by atomic mass is 16.3. The number of fused-ring (bicyclic) bond motifs is 3. The molecular formula is C22H27N5O2. The molecule has 4 N–H and O–H groups in total. The zero-order valence-corrected chi connectivity index (χ0v) is 16.4. The van der Waals surface area contributed by atoms with Gasteiger partial charge < -0.3 is 16.2 Å². The summed E-state index contributed by atoms with van der Waals surface area (Å²) in [7, 11) is 0. The Bertz CT molecular complexity index is 921. The Morgan fingerprint density at radius 1 is 1.45 bits per heavy atom. The highest BCUT2D eigenvalue weighted by molar-refractivity contribution is 5.94. The average Bonchev–Trinajstić information content (AvgIpc) is 3.45. The van der Waals surface area contributed by atoms with Crippen LogP contribution in [0.3, 0.4) is 0 Å². The van der Waals surface area contributed by atoms with E-state index in [0.29, 0.717) is 24.1 Å². The molecule has 1 aromatic heterocycles. The molecule has 1 amide bonds. The molecule has 2 aromatic rings. The Hall–Kier alpha value is -2.77. The minimum atomic E-state index is -0.481. The van der Waals surface area contributed by atoms with Crippen molar-refractivity contribution >= 4 is 12.1 Å². The third-order valence-corrected chi connectivity index (χ3v) is 5.85. The Morgan fingerprint density at radius 3 is 2.93 bits per heavy atom. The van der Waals surface area contributed by atoms with Crippen LogP contribution in [0.2, 0.25) is 0 Å². The molecule has 1 fully saturated rings. The fourth-order valence-electron chi connectivity index (χ4n) is 4.29. The van der Waals surface area contributed by atoms with Crippen LogP contribution < -0.4 is 11.1 Å². The van der Waals surface area contributed by atoms with Crippen molar-refractivity contribution in [1.29, 1.82) is 0 Å². The molecule has 1 heterocycles. The van der Waals surface area contributed by atoms with Gasteiger partial charge in [-0.25, -0.2) is 4.68 Å². The van der Waals surface area contributed by atoms with Crippen LogP contribution >= 0.6 is 0 Å². The summed E-state index contributed by atoms with van der Waals surface area (Å²) in [5.41, 5.74) is 9.34. The first kappa shape index (κ1) is 19.5. The number of carbonyl (C=O) groups is 1. The number of aliphatic imine (C=N–C) groups is 1. The van der Waals surface area contributed by atoms with Gasteiger partial charge in [0.05, 0.1) is 12.6 Å². The number of nitrogens with one attached hydrogen (secondary N) is 1. The minimum Gasteiger partial charge on any atom is -0.394 e. The lowest BCUT2D eigenvalue weighted by Crippen LogP contribution is -2.32. The molecule has 7 heteroatoms. The Kier molecular flexibility index (Phi) is 5.60. The lowest BCUT2D eigenvalue weighted by molar-refractivity contribution is 0.0909. The molecule has 4 atom stereocenters. The normalized spacial score (nSPS) is 21.9. The maximum atomic E-state index is 13.1. The second-order valence-corrected chi connectivity index (χ2v) is 7.67. The average molecular weight is 393 g/mol. The van der Waals surface area contributed by atoms with Gasteiger partial charge in [0.2, 0.25) is 0 Å². The van der Waals surface area contributed by atoms with Crippen molar-refractivity contribution in [2.75, 3.05) is 13.2 Å². The molecule has 1 saturated carbocycles. The van der Waals surface area contributed by atoms with Crippen LogP contribution in [0.25, 0.3) is 0 Å². The maximum absolute atomic E-state index is 13.1. The Labute approximate surface area is 170 Å². The van der Waals surface area contributed by atoms with Crippen LogP contribution in [0.15, 0.2) is 48.0 Å². The van der Waals surface area contributed by atoms with Crippen molar-refractivity contribution in [1.82, 2.24) is 15.1 Å². The maximum Gasteiger partial charge on any atom is 0.272 e. The zero-order chi connectivity index (χ0) is 20.4. The second kappa shape index (κ2) is 8.31. The molecule has 2 aliphatic rings. The summed E-state index contributed by atoms with van der Waals surface area (Å²) in [5, 5.41) is 17.4. The first-order chi connectivity index (χ1) is 14.2. The van der Waals surface area contributed by atoms with E-state index in [1.54, 1.807) is 12.3 Å². The molecule has 0 saturated heterocycles. The third-order valence-electron chi connectivity index (χ3n) is 5.85. The fraction of sp³-hybridized carbons (Fsp3) is 0.409. The molecular weight excluding hydrogens is 366 g/mol. The molecule has 152 valence electrons. The molecule has 29 heavy (non-hydrogen) atoms. The molecule has 0 spiro atoms. The third kappa shape index (κ3) is 3.75. The first-order valence-electron chi connectivity index (χ1n) is 10.1. The van der Waals surface area contributed by atoms with Gasteiger partial charge in [-0.05, 0) is 30.7 Å². The van der Waals surface area contributed by atoms with Crippen molar-refractivity contribution in [2.24, 2.45) is 16.6 Å². The number of benzene rings is 1. The van der Waals surface area contributed by atoms with Crippen LogP contribution in [0, 0.1) is 5.92 Å². The fourth-order valence-corrected chi connectivity index (χ4v) is 4.29. The summed E-state index contributed by atoms with van der Waals surface area (Å²) in [6.45, 7) is 3.78. The SMILES string of the molecule is C=CC=NC(CN)n1nc(C(=O)N[C@H](CO)c2ccccc2)c2c1[C@H]1C[C@H]1CC2. The number of aromatic nitrogens is 2. The molecule has 7 nitrogen and oxygen atoms in total. The summed E-state index contributed by atoms with van der Waals surface area (Å²) in [6, 6.07) is 8.97. The van der Waals surface area contributed by atoms with E-state index in [0.717, 1.165) is 36.1 Å². The van der Waals surface area contributed by atoms with Crippen LogP contribution in [-0.4, -0.2) is 40.2 Å². The van der Waals surface area contributed by atoms with E-state index in [1.807, 2.05) is 35.0 Å². The number of aliphatic hydroxyl groups excluding tert-OH is 1. The van der Waals surface area contributed by atoms with Gasteiger partial charge in [0.1, 0.15) is 0 Å². The number of amides is 1. The predicted octanol–water partition coefficient (Wildman–Crippen LogP) is 2.11. The van der Waals surface area contributed by atoms with E-state index in [1.165, 1.54) is 0 Å². The van der Waals surface area contributed by atoms with E-state index in [9.17, 15) is 9.90 Å². The Morgan fingerprint density at radius 2 is 2.24 bits per heavy atom. The largest absolute Gasteiger partial charge is 0.394 e. The van der Waals surface area contributed by atoms with E-state index in [2.05, 4.69) is 22.0 Å². The van der Waals surface area contributed by atoms with Gasteiger partial charge in [-0.2, -0.15) is 5.10 Å². The first-order valence-corrected chi connectivity index (χ1v) is 10.1. The number of nitrogens with two attached hydrogens (primary N) is 1. The molecule has 0 bridgehead atoms. The second-order valence-electron chi connectivity index (χ2n) is 7.67. The number of nitrogens with zero attached hydrogens (tertiary/aromatic N) is 3. The number of hydrogen-bond acceptors (Lipinski definition) is 5. The van der Waals surface area contributed by atoms with E-state index >= 15 is 0 Å². The molecule has 2 aliphatic carbocycles. The van der Waals surface area contributed by atoms with Gasteiger partial charge in [-0.1, -0.05) is 43.0 Å². The number of rotatable bonds is 8. The van der Waals surface area contributed by atoms with Gasteiger partial charge in [-0.3, -0.25) is 9.79 Å². The summed E-state index contributed by atoms with van der Waals surface area (Å²) >= 11 is 0. The summed E-state index contributed by atoms with van der Waals surface area (Å²) in [6.07, 6.45) is 5.91. The van der Waals surface area contributed by atoms with Gasteiger partial charge in [0.25, 0.3) is 5.91 Å². The predicted molar refractivity (Wildman–Crippen MR) is 112 cm³/mol. The summed E-state index contributed by atoms with van der Waals surface area (Å²) in [4.78, 5) is 17.6. The lowest BCUT2D eigenvalue weighted by Gasteiger charge is -2.18. The van der Waals surface area contributed by atoms with Crippen molar-refractivity contribution in [3.63, 3.8) is 0 Å². The van der Waals surface area contributed by atoms with Gasteiger partial charge in [0.15, 0.2) is 11.9 Å². The highest BCUT2D eigenvalue weighted by Gasteiger charge is 2.47. The quantitative estimate of drug-likeness (QED) is 0.597. The summed E-state index contributed by atoms with van der Waals surface area (Å²) < 4.78 is 1.84. The van der Waals surface area contributed by atoms with Crippen molar-refractivity contribution in [2.45, 2.75) is 37.4 Å². The van der Waals surface area contributed by atoms with Crippen LogP contribution in [0.5, 0.6) is 0 Å². The van der Waals surface area contributed by atoms with Gasteiger partial charge >= 0.3 is 0 Å². The summed E-state index contributed by atoms with van der Waals surface area (Å²) in [5.74, 6) is 0.833. The number of allylic oxidation sites excluding steroid dienone is 1. The van der Waals surface area contributed by atoms with Gasteiger partial charge in [-0.15, -0.1) is 0 Å². The monoisotopic (exact) mass is 393 g/mol. The van der Waals surface area contributed by atoms with E-state index < -0.39 is 6.04 Å². The molecule has 4 rings (SSSR count).